The fourth-order valence-electron chi connectivity index (χ4n) is 2.06. The highest BCUT2D eigenvalue weighted by atomic mass is 16.5. The van der Waals surface area contributed by atoms with E-state index in [9.17, 15) is 0 Å². The van der Waals surface area contributed by atoms with E-state index in [1.807, 2.05) is 12.1 Å². The Morgan fingerprint density at radius 2 is 1.95 bits per heavy atom. The predicted octanol–water partition coefficient (Wildman–Crippen LogP) is 3.55. The minimum atomic E-state index is 0.282. The molecule has 0 fully saturated rings. The molecule has 3 heteroatoms. The molecule has 0 aliphatic rings. The lowest BCUT2D eigenvalue weighted by molar-refractivity contribution is 0.0713. The fraction of sp³-hybridized carbons (Fsp3) is 0.625. The molecule has 0 aliphatic heterocycles. The average molecular weight is 265 g/mol. The van der Waals surface area contributed by atoms with Gasteiger partial charge in [-0.1, -0.05) is 25.1 Å². The number of hydrogen-bond donors (Lipinski definition) is 1. The number of rotatable bonds is 9. The van der Waals surface area contributed by atoms with Crippen molar-refractivity contribution in [2.75, 3.05) is 20.3 Å². The van der Waals surface area contributed by atoms with Gasteiger partial charge in [0.25, 0.3) is 0 Å². The van der Waals surface area contributed by atoms with Crippen molar-refractivity contribution in [3.63, 3.8) is 0 Å². The summed E-state index contributed by atoms with van der Waals surface area (Å²) in [5.74, 6) is 0.945. The van der Waals surface area contributed by atoms with Crippen LogP contribution in [0, 0.1) is 0 Å². The summed E-state index contributed by atoms with van der Waals surface area (Å²) in [5, 5.41) is 3.57. The third kappa shape index (κ3) is 5.62. The molecule has 0 saturated heterocycles. The van der Waals surface area contributed by atoms with Gasteiger partial charge in [0.2, 0.25) is 0 Å². The molecule has 1 rings (SSSR count). The van der Waals surface area contributed by atoms with Crippen LogP contribution in [0.4, 0.5) is 0 Å². The average Bonchev–Trinajstić information content (AvgIpc) is 2.42. The van der Waals surface area contributed by atoms with Gasteiger partial charge in [0.1, 0.15) is 5.75 Å². The summed E-state index contributed by atoms with van der Waals surface area (Å²) >= 11 is 0. The molecule has 1 unspecified atom stereocenters. The topological polar surface area (TPSA) is 30.5 Å². The normalized spacial score (nSPS) is 12.7. The van der Waals surface area contributed by atoms with Gasteiger partial charge in [0, 0.05) is 18.2 Å². The van der Waals surface area contributed by atoms with E-state index in [0.717, 1.165) is 31.7 Å². The molecule has 0 radical (unpaired) electrons. The monoisotopic (exact) mass is 265 g/mol. The number of para-hydroxylation sites is 1. The number of ether oxygens (including phenoxy) is 2. The Morgan fingerprint density at radius 1 is 1.21 bits per heavy atom. The maximum atomic E-state index is 5.67. The molecule has 0 saturated carbocycles. The van der Waals surface area contributed by atoms with E-state index < -0.39 is 0 Å². The molecule has 3 nitrogen and oxygen atoms in total. The van der Waals surface area contributed by atoms with Gasteiger partial charge in [0.05, 0.1) is 13.2 Å². The summed E-state index contributed by atoms with van der Waals surface area (Å²) in [6.45, 7) is 8.08. The Bertz CT molecular complexity index is 352. The lowest BCUT2D eigenvalue weighted by Gasteiger charge is -2.21. The first kappa shape index (κ1) is 16.0. The summed E-state index contributed by atoms with van der Waals surface area (Å²) in [5.41, 5.74) is 1.21. The first-order chi connectivity index (χ1) is 9.19. The summed E-state index contributed by atoms with van der Waals surface area (Å²) in [6.07, 6.45) is 2.36. The van der Waals surface area contributed by atoms with Gasteiger partial charge in [-0.15, -0.1) is 0 Å². The second-order valence-corrected chi connectivity index (χ2v) is 4.96. The standard InChI is InChI=1S/C16H27NO2/c1-5-11-17-15(10-12-19-13(2)3)14-8-6-7-9-16(14)18-4/h6-9,13,15,17H,5,10-12H2,1-4H3. The molecule has 1 aromatic carbocycles. The molecule has 1 N–H and O–H groups in total. The van der Waals surface area contributed by atoms with Crippen LogP contribution in [0.3, 0.4) is 0 Å². The molecular formula is C16H27NO2. The molecule has 0 heterocycles. The molecule has 0 spiro atoms. The van der Waals surface area contributed by atoms with Gasteiger partial charge in [-0.2, -0.15) is 0 Å². The van der Waals surface area contributed by atoms with Crippen LogP contribution >= 0.6 is 0 Å². The summed E-state index contributed by atoms with van der Waals surface area (Å²) < 4.78 is 11.1. The van der Waals surface area contributed by atoms with Crippen LogP contribution < -0.4 is 10.1 Å². The van der Waals surface area contributed by atoms with Crippen molar-refractivity contribution in [1.82, 2.24) is 5.32 Å². The van der Waals surface area contributed by atoms with Crippen LogP contribution in [0.5, 0.6) is 5.75 Å². The third-order valence-corrected chi connectivity index (χ3v) is 3.01. The Hall–Kier alpha value is -1.06. The van der Waals surface area contributed by atoms with Gasteiger partial charge in [0.15, 0.2) is 0 Å². The zero-order chi connectivity index (χ0) is 14.1. The number of hydrogen-bond acceptors (Lipinski definition) is 3. The van der Waals surface area contributed by atoms with Gasteiger partial charge in [-0.3, -0.25) is 0 Å². The van der Waals surface area contributed by atoms with Gasteiger partial charge in [-0.25, -0.2) is 0 Å². The van der Waals surface area contributed by atoms with Gasteiger partial charge < -0.3 is 14.8 Å². The van der Waals surface area contributed by atoms with E-state index in [0.29, 0.717) is 0 Å². The number of nitrogens with one attached hydrogen (secondary N) is 1. The van der Waals surface area contributed by atoms with Crippen molar-refractivity contribution < 1.29 is 9.47 Å². The highest BCUT2D eigenvalue weighted by Crippen LogP contribution is 2.27. The van der Waals surface area contributed by atoms with Crippen molar-refractivity contribution in [2.24, 2.45) is 0 Å². The second-order valence-electron chi connectivity index (χ2n) is 4.96. The smallest absolute Gasteiger partial charge is 0.123 e. The molecule has 0 bridgehead atoms. The molecule has 19 heavy (non-hydrogen) atoms. The predicted molar refractivity (Wildman–Crippen MR) is 79.7 cm³/mol. The van der Waals surface area contributed by atoms with Crippen molar-refractivity contribution in [1.29, 1.82) is 0 Å². The summed E-state index contributed by atoms with van der Waals surface area (Å²) in [7, 11) is 1.72. The first-order valence-electron chi connectivity index (χ1n) is 7.17. The largest absolute Gasteiger partial charge is 0.496 e. The lowest BCUT2D eigenvalue weighted by Crippen LogP contribution is -2.24. The zero-order valence-electron chi connectivity index (χ0n) is 12.6. The quantitative estimate of drug-likeness (QED) is 0.740. The number of methoxy groups -OCH3 is 1. The van der Waals surface area contributed by atoms with Crippen LogP contribution in [-0.4, -0.2) is 26.4 Å². The highest BCUT2D eigenvalue weighted by molar-refractivity contribution is 5.35. The maximum Gasteiger partial charge on any atom is 0.123 e. The molecule has 0 aliphatic carbocycles. The Balaban J connectivity index is 2.71. The highest BCUT2D eigenvalue weighted by Gasteiger charge is 2.15. The van der Waals surface area contributed by atoms with E-state index in [2.05, 4.69) is 38.2 Å². The Labute approximate surface area is 117 Å². The van der Waals surface area contributed by atoms with Crippen LogP contribution in [0.2, 0.25) is 0 Å². The molecular weight excluding hydrogens is 238 g/mol. The van der Waals surface area contributed by atoms with Gasteiger partial charge >= 0.3 is 0 Å². The zero-order valence-corrected chi connectivity index (χ0v) is 12.6. The van der Waals surface area contributed by atoms with E-state index >= 15 is 0 Å². The summed E-state index contributed by atoms with van der Waals surface area (Å²) in [6, 6.07) is 8.49. The molecule has 0 amide bonds. The SMILES string of the molecule is CCCNC(CCOC(C)C)c1ccccc1OC. The Kier molecular flexibility index (Phi) is 7.53. The van der Waals surface area contributed by atoms with E-state index in [-0.39, 0.29) is 12.1 Å². The van der Waals surface area contributed by atoms with Crippen LogP contribution in [0.1, 0.15) is 45.2 Å². The van der Waals surface area contributed by atoms with E-state index in [4.69, 9.17) is 9.47 Å². The summed E-state index contributed by atoms with van der Waals surface area (Å²) in [4.78, 5) is 0. The minimum absolute atomic E-state index is 0.282. The van der Waals surface area contributed by atoms with Crippen LogP contribution in [-0.2, 0) is 4.74 Å². The van der Waals surface area contributed by atoms with Crippen molar-refractivity contribution in [2.45, 2.75) is 45.8 Å². The maximum absolute atomic E-state index is 5.67. The van der Waals surface area contributed by atoms with E-state index in [1.165, 1.54) is 5.56 Å². The first-order valence-corrected chi connectivity index (χ1v) is 7.17. The van der Waals surface area contributed by atoms with Crippen molar-refractivity contribution in [3.05, 3.63) is 29.8 Å². The third-order valence-electron chi connectivity index (χ3n) is 3.01. The molecule has 1 atom stereocenters. The fourth-order valence-corrected chi connectivity index (χ4v) is 2.06. The van der Waals surface area contributed by atoms with Gasteiger partial charge in [-0.05, 0) is 39.3 Å². The lowest BCUT2D eigenvalue weighted by atomic mass is 10.0. The van der Waals surface area contributed by atoms with Crippen LogP contribution in [0.25, 0.3) is 0 Å². The Morgan fingerprint density at radius 3 is 2.58 bits per heavy atom. The van der Waals surface area contributed by atoms with E-state index in [1.54, 1.807) is 7.11 Å². The van der Waals surface area contributed by atoms with Crippen molar-refractivity contribution >= 4 is 0 Å². The molecule has 1 aromatic rings. The van der Waals surface area contributed by atoms with Crippen LogP contribution in [0.15, 0.2) is 24.3 Å². The minimum Gasteiger partial charge on any atom is -0.496 e. The molecule has 108 valence electrons. The second kappa shape index (κ2) is 8.94. The van der Waals surface area contributed by atoms with Crippen molar-refractivity contribution in [3.8, 4) is 5.75 Å². The molecule has 0 aromatic heterocycles. The number of benzene rings is 1.